The molecule has 88 valence electrons. The van der Waals surface area contributed by atoms with Crippen LogP contribution in [-0.4, -0.2) is 40.9 Å². The zero-order chi connectivity index (χ0) is 11.5. The summed E-state index contributed by atoms with van der Waals surface area (Å²) in [6.45, 7) is 3.74. The molecule has 0 amide bonds. The van der Waals surface area contributed by atoms with E-state index in [0.717, 1.165) is 18.7 Å². The van der Waals surface area contributed by atoms with E-state index in [4.69, 9.17) is 9.84 Å². The molecule has 2 atom stereocenters. The number of hydrogen-bond acceptors (Lipinski definition) is 4. The fourth-order valence-electron chi connectivity index (χ4n) is 1.99. The van der Waals surface area contributed by atoms with E-state index in [9.17, 15) is 5.11 Å². The van der Waals surface area contributed by atoms with Crippen molar-refractivity contribution in [1.29, 1.82) is 0 Å². The van der Waals surface area contributed by atoms with Gasteiger partial charge in [-0.3, -0.25) is 4.90 Å². The SMILES string of the molecule is CCN1CC(CO)OC1c1ccc(O)cc1. The molecule has 0 bridgehead atoms. The molecule has 2 N–H and O–H groups in total. The number of aliphatic hydroxyl groups excluding tert-OH is 1. The number of phenolic OH excluding ortho intramolecular Hbond substituents is 1. The maximum absolute atomic E-state index is 9.23. The molecule has 4 heteroatoms. The molecule has 4 nitrogen and oxygen atoms in total. The number of ether oxygens (including phenoxy) is 1. The molecular weight excluding hydrogens is 206 g/mol. The van der Waals surface area contributed by atoms with Gasteiger partial charge in [-0.2, -0.15) is 0 Å². The predicted molar refractivity (Wildman–Crippen MR) is 60.1 cm³/mol. The fraction of sp³-hybridized carbons (Fsp3) is 0.500. The lowest BCUT2D eigenvalue weighted by Crippen LogP contribution is -2.25. The molecule has 2 unspecified atom stereocenters. The van der Waals surface area contributed by atoms with Crippen LogP contribution in [0.5, 0.6) is 5.75 Å². The van der Waals surface area contributed by atoms with Crippen LogP contribution in [0.2, 0.25) is 0 Å². The third kappa shape index (κ3) is 2.19. The zero-order valence-corrected chi connectivity index (χ0v) is 9.34. The molecule has 1 aliphatic rings. The molecule has 1 heterocycles. The Labute approximate surface area is 95.1 Å². The second kappa shape index (κ2) is 4.82. The van der Waals surface area contributed by atoms with Gasteiger partial charge >= 0.3 is 0 Å². The molecule has 1 saturated heterocycles. The summed E-state index contributed by atoms with van der Waals surface area (Å²) in [5.74, 6) is 0.253. The smallest absolute Gasteiger partial charge is 0.137 e. The number of hydrogen-bond donors (Lipinski definition) is 2. The van der Waals surface area contributed by atoms with Gasteiger partial charge in [-0.15, -0.1) is 0 Å². The number of aromatic hydroxyl groups is 1. The van der Waals surface area contributed by atoms with E-state index >= 15 is 0 Å². The van der Waals surface area contributed by atoms with Crippen LogP contribution in [0, 0.1) is 0 Å². The van der Waals surface area contributed by atoms with Gasteiger partial charge < -0.3 is 14.9 Å². The van der Waals surface area contributed by atoms with Crippen LogP contribution in [-0.2, 0) is 4.74 Å². The molecule has 0 saturated carbocycles. The van der Waals surface area contributed by atoms with Crippen molar-refractivity contribution in [1.82, 2.24) is 4.90 Å². The van der Waals surface area contributed by atoms with Crippen LogP contribution >= 0.6 is 0 Å². The summed E-state index contributed by atoms with van der Waals surface area (Å²) in [5.41, 5.74) is 1.01. The third-order valence-corrected chi connectivity index (χ3v) is 2.88. The minimum atomic E-state index is -0.112. The first-order valence-corrected chi connectivity index (χ1v) is 5.54. The minimum Gasteiger partial charge on any atom is -0.508 e. The van der Waals surface area contributed by atoms with Gasteiger partial charge in [0.1, 0.15) is 12.0 Å². The Kier molecular flexibility index (Phi) is 3.43. The van der Waals surface area contributed by atoms with E-state index < -0.39 is 0 Å². The summed E-state index contributed by atoms with van der Waals surface area (Å²) in [7, 11) is 0. The number of rotatable bonds is 3. The van der Waals surface area contributed by atoms with Crippen LogP contribution in [0.25, 0.3) is 0 Å². The van der Waals surface area contributed by atoms with Gasteiger partial charge in [-0.1, -0.05) is 19.1 Å². The lowest BCUT2D eigenvalue weighted by Gasteiger charge is -2.21. The molecule has 1 aromatic rings. The van der Waals surface area contributed by atoms with Crippen molar-refractivity contribution >= 4 is 0 Å². The largest absolute Gasteiger partial charge is 0.508 e. The highest BCUT2D eigenvalue weighted by Gasteiger charge is 2.32. The molecule has 0 aliphatic carbocycles. The number of phenols is 1. The molecule has 1 fully saturated rings. The molecule has 16 heavy (non-hydrogen) atoms. The van der Waals surface area contributed by atoms with Crippen LogP contribution in [0.4, 0.5) is 0 Å². The third-order valence-electron chi connectivity index (χ3n) is 2.88. The normalized spacial score (nSPS) is 26.1. The van der Waals surface area contributed by atoms with Gasteiger partial charge in [0.05, 0.1) is 12.7 Å². The molecule has 0 radical (unpaired) electrons. The van der Waals surface area contributed by atoms with E-state index in [1.54, 1.807) is 12.1 Å². The van der Waals surface area contributed by atoms with Gasteiger partial charge in [0, 0.05) is 6.54 Å². The van der Waals surface area contributed by atoms with Crippen molar-refractivity contribution in [2.75, 3.05) is 19.7 Å². The Bertz CT molecular complexity index is 339. The number of nitrogens with zero attached hydrogens (tertiary/aromatic N) is 1. The van der Waals surface area contributed by atoms with Gasteiger partial charge in [0.25, 0.3) is 0 Å². The quantitative estimate of drug-likeness (QED) is 0.805. The van der Waals surface area contributed by atoms with E-state index in [2.05, 4.69) is 11.8 Å². The maximum Gasteiger partial charge on any atom is 0.137 e. The van der Waals surface area contributed by atoms with Crippen molar-refractivity contribution in [3.63, 3.8) is 0 Å². The summed E-state index contributed by atoms with van der Waals surface area (Å²) in [5, 5.41) is 18.3. The highest BCUT2D eigenvalue weighted by Crippen LogP contribution is 2.30. The van der Waals surface area contributed by atoms with Gasteiger partial charge in [0.2, 0.25) is 0 Å². The average Bonchev–Trinajstić information content (AvgIpc) is 2.73. The Morgan fingerprint density at radius 3 is 2.62 bits per heavy atom. The number of likely N-dealkylation sites (N-methyl/N-ethyl adjacent to an activating group) is 1. The Hall–Kier alpha value is -1.10. The first-order valence-electron chi connectivity index (χ1n) is 5.54. The lowest BCUT2D eigenvalue weighted by molar-refractivity contribution is -0.0184. The van der Waals surface area contributed by atoms with Crippen LogP contribution < -0.4 is 0 Å². The summed E-state index contributed by atoms with van der Waals surface area (Å²) < 4.78 is 5.73. The van der Waals surface area contributed by atoms with Crippen molar-refractivity contribution in [2.24, 2.45) is 0 Å². The standard InChI is InChI=1S/C12H17NO3/c1-2-13-7-11(8-14)16-12(13)9-3-5-10(15)6-4-9/h3-6,11-12,14-15H,2,7-8H2,1H3. The molecule has 0 aromatic heterocycles. The number of aliphatic hydroxyl groups is 1. The summed E-state index contributed by atoms with van der Waals surface area (Å²) in [6.07, 6.45) is -0.221. The van der Waals surface area contributed by atoms with Crippen molar-refractivity contribution in [3.8, 4) is 5.75 Å². The first kappa shape index (κ1) is 11.4. The Morgan fingerprint density at radius 2 is 2.06 bits per heavy atom. The number of benzene rings is 1. The Morgan fingerprint density at radius 1 is 1.38 bits per heavy atom. The van der Waals surface area contributed by atoms with E-state index in [0.29, 0.717) is 0 Å². The second-order valence-electron chi connectivity index (χ2n) is 3.97. The zero-order valence-electron chi connectivity index (χ0n) is 9.34. The van der Waals surface area contributed by atoms with Gasteiger partial charge in [0.15, 0.2) is 0 Å². The van der Waals surface area contributed by atoms with Crippen molar-refractivity contribution < 1.29 is 14.9 Å². The van der Waals surface area contributed by atoms with E-state index in [1.165, 1.54) is 0 Å². The molecule has 0 spiro atoms. The van der Waals surface area contributed by atoms with Crippen molar-refractivity contribution in [2.45, 2.75) is 19.3 Å². The van der Waals surface area contributed by atoms with Crippen LogP contribution in [0.3, 0.4) is 0 Å². The summed E-state index contributed by atoms with van der Waals surface area (Å²) in [4.78, 5) is 2.16. The first-order chi connectivity index (χ1) is 7.74. The average molecular weight is 223 g/mol. The summed E-state index contributed by atoms with van der Waals surface area (Å²) >= 11 is 0. The van der Waals surface area contributed by atoms with Gasteiger partial charge in [-0.25, -0.2) is 0 Å². The second-order valence-corrected chi connectivity index (χ2v) is 3.97. The van der Waals surface area contributed by atoms with E-state index in [1.807, 2.05) is 12.1 Å². The highest BCUT2D eigenvalue weighted by molar-refractivity contribution is 5.27. The van der Waals surface area contributed by atoms with Gasteiger partial charge in [-0.05, 0) is 24.2 Å². The molecule has 2 rings (SSSR count). The Balaban J connectivity index is 2.16. The highest BCUT2D eigenvalue weighted by atomic mass is 16.5. The predicted octanol–water partition coefficient (Wildman–Crippen LogP) is 1.10. The molecule has 1 aromatic carbocycles. The monoisotopic (exact) mass is 223 g/mol. The van der Waals surface area contributed by atoms with Crippen LogP contribution in [0.15, 0.2) is 24.3 Å². The maximum atomic E-state index is 9.23. The topological polar surface area (TPSA) is 52.9 Å². The molecular formula is C12H17NO3. The van der Waals surface area contributed by atoms with Crippen molar-refractivity contribution in [3.05, 3.63) is 29.8 Å². The fourth-order valence-corrected chi connectivity index (χ4v) is 1.99. The van der Waals surface area contributed by atoms with E-state index in [-0.39, 0.29) is 24.7 Å². The molecule has 1 aliphatic heterocycles. The van der Waals surface area contributed by atoms with Crippen LogP contribution in [0.1, 0.15) is 18.7 Å². The minimum absolute atomic E-state index is 0.0467. The summed E-state index contributed by atoms with van der Waals surface area (Å²) in [6, 6.07) is 7.00. The lowest BCUT2D eigenvalue weighted by atomic mass is 10.2.